The average molecular weight is 549 g/mol. The van der Waals surface area contributed by atoms with Crippen LogP contribution in [0.4, 0.5) is 0 Å². The zero-order valence-corrected chi connectivity index (χ0v) is 24.1. The number of aromatic nitrogens is 5. The molecule has 1 fully saturated rings. The number of nitrogens with one attached hydrogen (secondary N) is 1. The number of aromatic amines is 1. The Labute approximate surface area is 234 Å². The normalized spacial score (nSPS) is 16.8. The van der Waals surface area contributed by atoms with Crippen molar-refractivity contribution in [3.8, 4) is 0 Å². The van der Waals surface area contributed by atoms with Gasteiger partial charge in [-0.05, 0) is 98.3 Å². The van der Waals surface area contributed by atoms with Crippen LogP contribution in [0.2, 0.25) is 5.02 Å². The van der Waals surface area contributed by atoms with Crippen LogP contribution in [0.3, 0.4) is 0 Å². The minimum absolute atomic E-state index is 0.0623. The number of tetrazole rings is 1. The van der Waals surface area contributed by atoms with Gasteiger partial charge in [0, 0.05) is 41.2 Å². The van der Waals surface area contributed by atoms with E-state index < -0.39 is 6.04 Å². The molecule has 0 spiro atoms. The van der Waals surface area contributed by atoms with E-state index in [1.54, 1.807) is 0 Å². The van der Waals surface area contributed by atoms with Gasteiger partial charge < -0.3 is 9.72 Å². The van der Waals surface area contributed by atoms with E-state index in [2.05, 4.69) is 59.2 Å². The third kappa shape index (κ3) is 5.78. The van der Waals surface area contributed by atoms with Crippen molar-refractivity contribution >= 4 is 22.5 Å². The van der Waals surface area contributed by atoms with Crippen molar-refractivity contribution in [1.82, 2.24) is 30.1 Å². The second kappa shape index (κ2) is 11.2. The van der Waals surface area contributed by atoms with E-state index in [4.69, 9.17) is 16.3 Å². The van der Waals surface area contributed by atoms with Crippen molar-refractivity contribution in [3.05, 3.63) is 85.9 Å². The van der Waals surface area contributed by atoms with E-state index in [0.29, 0.717) is 29.5 Å². The Morgan fingerprint density at radius 1 is 1.21 bits per heavy atom. The molecule has 1 N–H and O–H groups in total. The second-order valence-electron chi connectivity index (χ2n) is 11.3. The Bertz CT molecular complexity index is 1500. The van der Waals surface area contributed by atoms with Gasteiger partial charge in [0.25, 0.3) is 5.56 Å². The average Bonchev–Trinajstić information content (AvgIpc) is 3.59. The summed E-state index contributed by atoms with van der Waals surface area (Å²) >= 11 is 6.21. The number of ether oxygens (including phenoxy) is 1. The van der Waals surface area contributed by atoms with Gasteiger partial charge in [-0.25, -0.2) is 4.68 Å². The topological polar surface area (TPSA) is 88.9 Å². The molecule has 5 rings (SSSR count). The molecule has 2 atom stereocenters. The first-order valence-electron chi connectivity index (χ1n) is 13.7. The number of pyridine rings is 1. The number of benzene rings is 2. The maximum absolute atomic E-state index is 13.9. The van der Waals surface area contributed by atoms with Gasteiger partial charge >= 0.3 is 0 Å². The molecule has 206 valence electrons. The van der Waals surface area contributed by atoms with Crippen LogP contribution < -0.4 is 5.56 Å². The third-order valence-electron chi connectivity index (χ3n) is 7.94. The van der Waals surface area contributed by atoms with Crippen molar-refractivity contribution in [2.24, 2.45) is 0 Å². The van der Waals surface area contributed by atoms with Gasteiger partial charge in [-0.2, -0.15) is 0 Å². The quantitative estimate of drug-likeness (QED) is 0.288. The molecule has 0 amide bonds. The van der Waals surface area contributed by atoms with Crippen LogP contribution >= 0.6 is 11.6 Å². The number of fused-ring (bicyclic) bond motifs is 1. The lowest BCUT2D eigenvalue weighted by Gasteiger charge is -2.35. The fourth-order valence-electron chi connectivity index (χ4n) is 5.47. The van der Waals surface area contributed by atoms with Crippen LogP contribution in [-0.2, 0) is 16.8 Å². The van der Waals surface area contributed by atoms with E-state index in [9.17, 15) is 4.79 Å². The molecular weight excluding hydrogens is 512 g/mol. The predicted octanol–water partition coefficient (Wildman–Crippen LogP) is 5.70. The summed E-state index contributed by atoms with van der Waals surface area (Å²) in [5.41, 5.74) is 4.26. The highest BCUT2D eigenvalue weighted by Gasteiger charge is 2.36. The Balaban J connectivity index is 1.72. The van der Waals surface area contributed by atoms with Gasteiger partial charge in [-0.1, -0.05) is 36.7 Å². The number of aryl methyl sites for hydroxylation is 2. The van der Waals surface area contributed by atoms with Crippen molar-refractivity contribution in [2.75, 3.05) is 13.2 Å². The number of nitrogens with zero attached hydrogens (tertiary/aromatic N) is 5. The summed E-state index contributed by atoms with van der Waals surface area (Å²) in [6, 6.07) is 13.5. The maximum Gasteiger partial charge on any atom is 0.253 e. The SMILES string of the molecule is CCC(C)(C)n1nnnc1[C@H](c1cc2c(C)cc(C)cc2[nH]c1=O)N(Cc1ccc(Cl)cc1)C[C@@H]1CCCO1. The summed E-state index contributed by atoms with van der Waals surface area (Å²) in [6.07, 6.45) is 2.89. The third-order valence-corrected chi connectivity index (χ3v) is 8.19. The number of rotatable bonds is 9. The molecule has 0 saturated carbocycles. The van der Waals surface area contributed by atoms with Crippen molar-refractivity contribution in [2.45, 2.75) is 78.1 Å². The zero-order valence-electron chi connectivity index (χ0n) is 23.4. The molecule has 1 aliphatic heterocycles. The molecule has 39 heavy (non-hydrogen) atoms. The van der Waals surface area contributed by atoms with Crippen molar-refractivity contribution < 1.29 is 4.74 Å². The molecule has 2 aromatic carbocycles. The summed E-state index contributed by atoms with van der Waals surface area (Å²) < 4.78 is 7.97. The number of hydrogen-bond donors (Lipinski definition) is 1. The smallest absolute Gasteiger partial charge is 0.253 e. The summed E-state index contributed by atoms with van der Waals surface area (Å²) in [4.78, 5) is 19.3. The monoisotopic (exact) mass is 548 g/mol. The molecule has 2 aromatic heterocycles. The Morgan fingerprint density at radius 3 is 2.67 bits per heavy atom. The van der Waals surface area contributed by atoms with Crippen LogP contribution in [-0.4, -0.2) is 49.3 Å². The first kappa shape index (κ1) is 27.5. The molecule has 1 saturated heterocycles. The Hall–Kier alpha value is -3.07. The molecule has 0 aliphatic carbocycles. The number of halogens is 1. The Kier molecular flexibility index (Phi) is 7.89. The van der Waals surface area contributed by atoms with Gasteiger partial charge in [0.15, 0.2) is 5.82 Å². The molecular formula is C30H37ClN6O2. The van der Waals surface area contributed by atoms with E-state index in [1.807, 2.05) is 48.0 Å². The minimum atomic E-state index is -0.500. The summed E-state index contributed by atoms with van der Waals surface area (Å²) in [6.45, 7) is 12.4. The molecule has 0 unspecified atom stereocenters. The van der Waals surface area contributed by atoms with E-state index in [0.717, 1.165) is 53.5 Å². The van der Waals surface area contributed by atoms with Gasteiger partial charge in [-0.15, -0.1) is 5.10 Å². The van der Waals surface area contributed by atoms with Crippen LogP contribution in [0.25, 0.3) is 10.9 Å². The summed E-state index contributed by atoms with van der Waals surface area (Å²) in [5, 5.41) is 14.8. The molecule has 8 nitrogen and oxygen atoms in total. The predicted molar refractivity (Wildman–Crippen MR) is 154 cm³/mol. The van der Waals surface area contributed by atoms with Gasteiger partial charge in [0.2, 0.25) is 0 Å². The highest BCUT2D eigenvalue weighted by molar-refractivity contribution is 6.30. The molecule has 9 heteroatoms. The first-order valence-corrected chi connectivity index (χ1v) is 14.1. The van der Waals surface area contributed by atoms with Crippen molar-refractivity contribution in [3.63, 3.8) is 0 Å². The lowest BCUT2D eigenvalue weighted by Crippen LogP contribution is -2.41. The summed E-state index contributed by atoms with van der Waals surface area (Å²) in [7, 11) is 0. The number of H-pyrrole nitrogens is 1. The van der Waals surface area contributed by atoms with Crippen molar-refractivity contribution in [1.29, 1.82) is 0 Å². The molecule has 3 heterocycles. The Morgan fingerprint density at radius 2 is 1.97 bits per heavy atom. The van der Waals surface area contributed by atoms with E-state index in [1.165, 1.54) is 0 Å². The van der Waals surface area contributed by atoms with Crippen LogP contribution in [0.1, 0.15) is 74.2 Å². The lowest BCUT2D eigenvalue weighted by atomic mass is 9.97. The maximum atomic E-state index is 13.9. The van der Waals surface area contributed by atoms with E-state index in [-0.39, 0.29) is 17.2 Å². The minimum Gasteiger partial charge on any atom is -0.377 e. The molecule has 4 aromatic rings. The highest BCUT2D eigenvalue weighted by Crippen LogP contribution is 2.33. The first-order chi connectivity index (χ1) is 18.7. The highest BCUT2D eigenvalue weighted by atomic mass is 35.5. The zero-order chi connectivity index (χ0) is 27.7. The van der Waals surface area contributed by atoms with Crippen LogP contribution in [0.5, 0.6) is 0 Å². The summed E-state index contributed by atoms with van der Waals surface area (Å²) in [5.74, 6) is 0.642. The van der Waals surface area contributed by atoms with Crippen LogP contribution in [0, 0.1) is 13.8 Å². The van der Waals surface area contributed by atoms with Gasteiger partial charge in [0.1, 0.15) is 6.04 Å². The fourth-order valence-corrected chi connectivity index (χ4v) is 5.60. The fraction of sp³-hybridized carbons (Fsp3) is 0.467. The van der Waals surface area contributed by atoms with Crippen LogP contribution in [0.15, 0.2) is 47.3 Å². The second-order valence-corrected chi connectivity index (χ2v) is 11.7. The largest absolute Gasteiger partial charge is 0.377 e. The molecule has 0 bridgehead atoms. The number of hydrogen-bond acceptors (Lipinski definition) is 6. The molecule has 0 radical (unpaired) electrons. The standard InChI is InChI=1S/C30H37ClN6O2/c1-6-30(4,5)37-28(33-34-35-37)27(25-16-24-20(3)14-19(2)15-26(24)32-29(25)38)36(18-23-8-7-13-39-23)17-21-9-11-22(31)12-10-21/h9-12,14-16,23,27H,6-8,13,17-18H2,1-5H3,(H,32,38)/t23-,27-/m0/s1. The van der Waals surface area contributed by atoms with Gasteiger partial charge in [-0.3, -0.25) is 9.69 Å². The lowest BCUT2D eigenvalue weighted by molar-refractivity contribution is 0.0562. The van der Waals surface area contributed by atoms with E-state index >= 15 is 0 Å². The van der Waals surface area contributed by atoms with Gasteiger partial charge in [0.05, 0.1) is 11.6 Å². The molecule has 1 aliphatic rings.